The molecule has 0 bridgehead atoms. The van der Waals surface area contributed by atoms with Crippen LogP contribution in [0.15, 0.2) is 22.7 Å². The van der Waals surface area contributed by atoms with Crippen molar-refractivity contribution in [2.24, 2.45) is 5.92 Å². The minimum atomic E-state index is -0.419. The first kappa shape index (κ1) is 14.9. The van der Waals surface area contributed by atoms with E-state index in [1.165, 1.54) is 31.4 Å². The minimum absolute atomic E-state index is 0.419. The van der Waals surface area contributed by atoms with Gasteiger partial charge in [0.15, 0.2) is 0 Å². The van der Waals surface area contributed by atoms with E-state index in [4.69, 9.17) is 0 Å². The molecule has 1 aromatic rings. The summed E-state index contributed by atoms with van der Waals surface area (Å²) in [7, 11) is 0. The number of benzene rings is 1. The molecule has 2 rings (SSSR count). The molecule has 0 saturated carbocycles. The predicted molar refractivity (Wildman–Crippen MR) is 84.6 cm³/mol. The number of hydrogen-bond donors (Lipinski definition) is 1. The highest BCUT2D eigenvalue weighted by Gasteiger charge is 2.17. The Bertz CT molecular complexity index is 419. The molecular weight excluding hydrogens is 302 g/mol. The second kappa shape index (κ2) is 6.76. The average molecular weight is 326 g/mol. The molecule has 1 aromatic carbocycles. The predicted octanol–water partition coefficient (Wildman–Crippen LogP) is 4.52. The lowest BCUT2D eigenvalue weighted by atomic mass is 9.98. The molecule has 19 heavy (non-hydrogen) atoms. The van der Waals surface area contributed by atoms with Crippen LogP contribution in [0.2, 0.25) is 0 Å². The summed E-state index contributed by atoms with van der Waals surface area (Å²) >= 11 is 3.57. The summed E-state index contributed by atoms with van der Waals surface area (Å²) in [5.74, 6) is 0.894. The van der Waals surface area contributed by atoms with Crippen LogP contribution in [0.25, 0.3) is 0 Å². The molecule has 1 unspecified atom stereocenters. The number of aliphatic hydroxyl groups excluding tert-OH is 1. The second-order valence-corrected chi connectivity index (χ2v) is 6.43. The Morgan fingerprint density at radius 1 is 1.37 bits per heavy atom. The first-order valence-corrected chi connectivity index (χ1v) is 8.13. The largest absolute Gasteiger partial charge is 0.389 e. The summed E-state index contributed by atoms with van der Waals surface area (Å²) in [6.07, 6.45) is 4.83. The van der Waals surface area contributed by atoms with Crippen LogP contribution in [0, 0.1) is 5.92 Å². The molecule has 0 aliphatic carbocycles. The average Bonchev–Trinajstić information content (AvgIpc) is 2.63. The lowest BCUT2D eigenvalue weighted by Crippen LogP contribution is -2.24. The Labute approximate surface area is 124 Å². The van der Waals surface area contributed by atoms with Crippen molar-refractivity contribution in [2.45, 2.75) is 45.6 Å². The fourth-order valence-corrected chi connectivity index (χ4v) is 3.58. The summed E-state index contributed by atoms with van der Waals surface area (Å²) < 4.78 is 1.01. The summed E-state index contributed by atoms with van der Waals surface area (Å²) in [6, 6.07) is 6.32. The van der Waals surface area contributed by atoms with Gasteiger partial charge in [0.05, 0.1) is 6.10 Å². The third-order valence-electron chi connectivity index (χ3n) is 4.22. The summed E-state index contributed by atoms with van der Waals surface area (Å²) in [6.45, 7) is 6.40. The standard InChI is InChI=1S/C16H24BrNO/c1-3-13-5-4-9-18(10-8-13)14-6-7-15(12(2)19)16(17)11-14/h6-7,11-13,19H,3-5,8-10H2,1-2H3/t12-,13?/m0/s1. The van der Waals surface area contributed by atoms with Gasteiger partial charge in [-0.2, -0.15) is 0 Å². The molecule has 1 fully saturated rings. The van der Waals surface area contributed by atoms with Crippen molar-refractivity contribution < 1.29 is 5.11 Å². The topological polar surface area (TPSA) is 23.5 Å². The van der Waals surface area contributed by atoms with Crippen LogP contribution in [-0.2, 0) is 0 Å². The molecule has 1 N–H and O–H groups in total. The van der Waals surface area contributed by atoms with E-state index < -0.39 is 6.10 Å². The SMILES string of the molecule is CCC1CCCN(c2ccc([C@H](C)O)c(Br)c2)CC1. The van der Waals surface area contributed by atoms with Crippen LogP contribution in [0.5, 0.6) is 0 Å². The molecule has 0 amide bonds. The zero-order valence-corrected chi connectivity index (χ0v) is 13.5. The second-order valence-electron chi connectivity index (χ2n) is 5.57. The van der Waals surface area contributed by atoms with Crippen molar-refractivity contribution in [3.63, 3.8) is 0 Å². The van der Waals surface area contributed by atoms with E-state index in [1.54, 1.807) is 6.92 Å². The first-order valence-electron chi connectivity index (χ1n) is 7.34. The third kappa shape index (κ3) is 3.73. The Hall–Kier alpha value is -0.540. The molecule has 0 spiro atoms. The van der Waals surface area contributed by atoms with Crippen LogP contribution < -0.4 is 4.90 Å². The fourth-order valence-electron chi connectivity index (χ4n) is 2.88. The zero-order valence-electron chi connectivity index (χ0n) is 11.9. The highest BCUT2D eigenvalue weighted by atomic mass is 79.9. The summed E-state index contributed by atoms with van der Waals surface area (Å²) in [4.78, 5) is 2.48. The smallest absolute Gasteiger partial charge is 0.0772 e. The number of aliphatic hydroxyl groups is 1. The molecule has 1 heterocycles. The van der Waals surface area contributed by atoms with E-state index >= 15 is 0 Å². The molecule has 1 aliphatic heterocycles. The van der Waals surface area contributed by atoms with E-state index in [9.17, 15) is 5.11 Å². The quantitative estimate of drug-likeness (QED) is 0.883. The van der Waals surface area contributed by atoms with Crippen LogP contribution in [0.4, 0.5) is 5.69 Å². The molecule has 1 aliphatic rings. The van der Waals surface area contributed by atoms with Crippen LogP contribution >= 0.6 is 15.9 Å². The number of hydrogen-bond acceptors (Lipinski definition) is 2. The highest BCUT2D eigenvalue weighted by molar-refractivity contribution is 9.10. The van der Waals surface area contributed by atoms with Gasteiger partial charge in [0.25, 0.3) is 0 Å². The molecule has 0 aromatic heterocycles. The fraction of sp³-hybridized carbons (Fsp3) is 0.625. The molecule has 3 heteroatoms. The lowest BCUT2D eigenvalue weighted by molar-refractivity contribution is 0.198. The summed E-state index contributed by atoms with van der Waals surface area (Å²) in [5, 5.41) is 9.67. The Morgan fingerprint density at radius 2 is 2.16 bits per heavy atom. The molecule has 0 radical (unpaired) electrons. The number of nitrogens with zero attached hydrogens (tertiary/aromatic N) is 1. The van der Waals surface area contributed by atoms with E-state index in [0.29, 0.717) is 0 Å². The maximum absolute atomic E-state index is 9.67. The van der Waals surface area contributed by atoms with Gasteiger partial charge in [-0.25, -0.2) is 0 Å². The Kier molecular flexibility index (Phi) is 5.28. The van der Waals surface area contributed by atoms with Crippen molar-refractivity contribution in [1.29, 1.82) is 0 Å². The maximum atomic E-state index is 9.67. The zero-order chi connectivity index (χ0) is 13.8. The molecule has 2 atom stereocenters. The number of anilines is 1. The Balaban J connectivity index is 2.11. The van der Waals surface area contributed by atoms with Gasteiger partial charge < -0.3 is 10.0 Å². The molecule has 106 valence electrons. The van der Waals surface area contributed by atoms with Crippen molar-refractivity contribution in [3.05, 3.63) is 28.2 Å². The molecular formula is C16H24BrNO. The lowest BCUT2D eigenvalue weighted by Gasteiger charge is -2.24. The van der Waals surface area contributed by atoms with Gasteiger partial charge in [0.1, 0.15) is 0 Å². The van der Waals surface area contributed by atoms with E-state index in [0.717, 1.165) is 29.0 Å². The highest BCUT2D eigenvalue weighted by Crippen LogP contribution is 2.30. The van der Waals surface area contributed by atoms with Crippen LogP contribution in [-0.4, -0.2) is 18.2 Å². The van der Waals surface area contributed by atoms with Crippen molar-refractivity contribution >= 4 is 21.6 Å². The van der Waals surface area contributed by atoms with Gasteiger partial charge in [-0.3, -0.25) is 0 Å². The Morgan fingerprint density at radius 3 is 2.79 bits per heavy atom. The van der Waals surface area contributed by atoms with E-state index in [2.05, 4.69) is 39.9 Å². The van der Waals surface area contributed by atoms with Crippen molar-refractivity contribution in [1.82, 2.24) is 0 Å². The van der Waals surface area contributed by atoms with Gasteiger partial charge in [-0.15, -0.1) is 0 Å². The van der Waals surface area contributed by atoms with Crippen molar-refractivity contribution in [2.75, 3.05) is 18.0 Å². The monoisotopic (exact) mass is 325 g/mol. The maximum Gasteiger partial charge on any atom is 0.0772 e. The third-order valence-corrected chi connectivity index (χ3v) is 4.91. The molecule has 1 saturated heterocycles. The van der Waals surface area contributed by atoms with E-state index in [-0.39, 0.29) is 0 Å². The summed E-state index contributed by atoms with van der Waals surface area (Å²) in [5.41, 5.74) is 2.23. The molecule has 2 nitrogen and oxygen atoms in total. The van der Waals surface area contributed by atoms with Gasteiger partial charge in [-0.05, 0) is 49.8 Å². The minimum Gasteiger partial charge on any atom is -0.389 e. The number of halogens is 1. The van der Waals surface area contributed by atoms with E-state index in [1.807, 2.05) is 6.07 Å². The van der Waals surface area contributed by atoms with Gasteiger partial charge in [0, 0.05) is 23.2 Å². The van der Waals surface area contributed by atoms with Crippen LogP contribution in [0.1, 0.15) is 51.2 Å². The first-order chi connectivity index (χ1) is 9.11. The van der Waals surface area contributed by atoms with Crippen LogP contribution in [0.3, 0.4) is 0 Å². The van der Waals surface area contributed by atoms with Gasteiger partial charge in [-0.1, -0.05) is 35.3 Å². The normalized spacial score (nSPS) is 22.1. The van der Waals surface area contributed by atoms with Gasteiger partial charge >= 0.3 is 0 Å². The number of rotatable bonds is 3. The van der Waals surface area contributed by atoms with Gasteiger partial charge in [0.2, 0.25) is 0 Å². The van der Waals surface area contributed by atoms with Crippen molar-refractivity contribution in [3.8, 4) is 0 Å².